The second-order valence-electron chi connectivity index (χ2n) is 6.08. The number of carbonyl (C=O) groups excluding carboxylic acids is 1. The number of rotatable bonds is 7. The van der Waals surface area contributed by atoms with E-state index in [0.29, 0.717) is 5.75 Å². The molecular formula is C23H22IO2S+. The Morgan fingerprint density at radius 3 is 1.78 bits per heavy atom. The fourth-order valence-electron chi connectivity index (χ4n) is 2.70. The van der Waals surface area contributed by atoms with Crippen LogP contribution in [0.1, 0.15) is 13.3 Å². The van der Waals surface area contributed by atoms with E-state index in [0.717, 1.165) is 10.8 Å². The van der Waals surface area contributed by atoms with Crippen LogP contribution in [0.5, 0.6) is 5.75 Å². The van der Waals surface area contributed by atoms with Crippen LogP contribution in [0.15, 0.2) is 99.6 Å². The SMILES string of the molecule is CCC(CI)C(=O)Oc1ccc([S+](c2ccccc2)c2ccccc2)cc1. The van der Waals surface area contributed by atoms with E-state index in [-0.39, 0.29) is 22.8 Å². The summed E-state index contributed by atoms with van der Waals surface area (Å²) in [5, 5.41) is 0. The Morgan fingerprint density at radius 2 is 1.33 bits per heavy atom. The second-order valence-corrected chi connectivity index (χ2v) is 8.99. The van der Waals surface area contributed by atoms with Crippen molar-refractivity contribution in [3.05, 3.63) is 84.9 Å². The lowest BCUT2D eigenvalue weighted by Crippen LogP contribution is -2.21. The van der Waals surface area contributed by atoms with Crippen molar-refractivity contribution in [1.82, 2.24) is 0 Å². The zero-order valence-corrected chi connectivity index (χ0v) is 18.2. The first-order valence-electron chi connectivity index (χ1n) is 8.95. The highest BCUT2D eigenvalue weighted by Crippen LogP contribution is 2.32. The van der Waals surface area contributed by atoms with Crippen LogP contribution in [0.25, 0.3) is 0 Å². The van der Waals surface area contributed by atoms with Gasteiger partial charge in [-0.15, -0.1) is 0 Å². The zero-order chi connectivity index (χ0) is 19.1. The fraction of sp³-hybridized carbons (Fsp3) is 0.174. The normalized spacial score (nSPS) is 12.0. The Kier molecular flexibility index (Phi) is 7.35. The molecule has 0 aliphatic carbocycles. The molecule has 1 unspecified atom stereocenters. The number of esters is 1. The lowest BCUT2D eigenvalue weighted by Gasteiger charge is -2.12. The van der Waals surface area contributed by atoms with Gasteiger partial charge in [0.1, 0.15) is 5.75 Å². The van der Waals surface area contributed by atoms with Crippen LogP contribution >= 0.6 is 22.6 Å². The molecule has 27 heavy (non-hydrogen) atoms. The predicted octanol–water partition coefficient (Wildman–Crippen LogP) is 6.15. The fourth-order valence-corrected chi connectivity index (χ4v) is 5.77. The average Bonchev–Trinajstić information content (AvgIpc) is 2.72. The van der Waals surface area contributed by atoms with Gasteiger partial charge in [0.15, 0.2) is 14.7 Å². The molecular weight excluding hydrogens is 467 g/mol. The minimum atomic E-state index is -0.189. The second kappa shape index (κ2) is 9.95. The van der Waals surface area contributed by atoms with E-state index in [1.807, 2.05) is 31.2 Å². The molecule has 138 valence electrons. The maximum atomic E-state index is 12.2. The van der Waals surface area contributed by atoms with Gasteiger partial charge < -0.3 is 4.74 Å². The molecule has 0 N–H and O–H groups in total. The standard InChI is InChI=1S/C23H22IO2S/c1-2-18(17-24)23(25)26-19-13-15-22(16-14-19)27(20-9-5-3-6-10-20)21-11-7-4-8-12-21/h3-16,18H,2,17H2,1H3/q+1. The van der Waals surface area contributed by atoms with Gasteiger partial charge in [-0.2, -0.15) is 0 Å². The summed E-state index contributed by atoms with van der Waals surface area (Å²) in [5.41, 5.74) is 0. The molecule has 3 aromatic rings. The summed E-state index contributed by atoms with van der Waals surface area (Å²) in [6, 6.07) is 29.0. The van der Waals surface area contributed by atoms with Gasteiger partial charge in [-0.05, 0) is 55.0 Å². The predicted molar refractivity (Wildman–Crippen MR) is 120 cm³/mol. The zero-order valence-electron chi connectivity index (χ0n) is 15.2. The number of ether oxygens (including phenoxy) is 1. The van der Waals surface area contributed by atoms with Crippen LogP contribution < -0.4 is 4.74 Å². The van der Waals surface area contributed by atoms with Gasteiger partial charge in [-0.25, -0.2) is 0 Å². The van der Waals surface area contributed by atoms with Gasteiger partial charge in [-0.1, -0.05) is 65.9 Å². The maximum Gasteiger partial charge on any atom is 0.315 e. The van der Waals surface area contributed by atoms with Crippen molar-refractivity contribution in [1.29, 1.82) is 0 Å². The summed E-state index contributed by atoms with van der Waals surface area (Å²) in [5.74, 6) is 0.412. The van der Waals surface area contributed by atoms with E-state index in [1.165, 1.54) is 14.7 Å². The molecule has 0 aliphatic heterocycles. The van der Waals surface area contributed by atoms with Crippen molar-refractivity contribution in [2.24, 2.45) is 5.92 Å². The van der Waals surface area contributed by atoms with Crippen LogP contribution in [0.3, 0.4) is 0 Å². The molecule has 0 saturated carbocycles. The van der Waals surface area contributed by atoms with Crippen molar-refractivity contribution >= 4 is 39.5 Å². The van der Waals surface area contributed by atoms with E-state index < -0.39 is 0 Å². The van der Waals surface area contributed by atoms with Crippen LogP contribution in [-0.2, 0) is 15.7 Å². The Bertz CT molecular complexity index is 807. The molecule has 0 aromatic heterocycles. The van der Waals surface area contributed by atoms with Crippen molar-refractivity contribution in [3.8, 4) is 5.75 Å². The summed E-state index contributed by atoms with van der Waals surface area (Å²) in [4.78, 5) is 15.9. The number of alkyl halides is 1. The summed E-state index contributed by atoms with van der Waals surface area (Å²) in [6.07, 6.45) is 0.797. The summed E-state index contributed by atoms with van der Waals surface area (Å²) < 4.78 is 6.34. The van der Waals surface area contributed by atoms with Crippen molar-refractivity contribution in [3.63, 3.8) is 0 Å². The first-order chi connectivity index (χ1) is 13.2. The molecule has 3 rings (SSSR count). The van der Waals surface area contributed by atoms with Crippen LogP contribution in [0, 0.1) is 5.92 Å². The third kappa shape index (κ3) is 5.14. The molecule has 1 atom stereocenters. The lowest BCUT2D eigenvalue weighted by atomic mass is 10.1. The van der Waals surface area contributed by atoms with E-state index in [4.69, 9.17) is 4.74 Å². The van der Waals surface area contributed by atoms with E-state index in [2.05, 4.69) is 83.3 Å². The third-order valence-corrected chi connectivity index (χ3v) is 7.54. The van der Waals surface area contributed by atoms with Crippen molar-refractivity contribution < 1.29 is 9.53 Å². The lowest BCUT2D eigenvalue weighted by molar-refractivity contribution is -0.138. The van der Waals surface area contributed by atoms with E-state index in [1.54, 1.807) is 0 Å². The summed E-state index contributed by atoms with van der Waals surface area (Å²) >= 11 is 2.23. The molecule has 0 saturated heterocycles. The van der Waals surface area contributed by atoms with Gasteiger partial charge in [0.25, 0.3) is 0 Å². The Hall–Kier alpha value is -1.79. The Labute approximate surface area is 177 Å². The van der Waals surface area contributed by atoms with Crippen molar-refractivity contribution in [2.45, 2.75) is 28.0 Å². The highest BCUT2D eigenvalue weighted by Gasteiger charge is 2.28. The smallest absolute Gasteiger partial charge is 0.315 e. The largest absolute Gasteiger partial charge is 0.426 e. The molecule has 0 amide bonds. The van der Waals surface area contributed by atoms with Crippen LogP contribution in [0.2, 0.25) is 0 Å². The van der Waals surface area contributed by atoms with E-state index in [9.17, 15) is 4.79 Å². The first kappa shape index (κ1) is 20.0. The van der Waals surface area contributed by atoms with Gasteiger partial charge in [0.05, 0.1) is 16.8 Å². The number of hydrogen-bond donors (Lipinski definition) is 0. The number of benzene rings is 3. The highest BCUT2D eigenvalue weighted by molar-refractivity contribution is 14.1. The number of carbonyl (C=O) groups is 1. The van der Waals surface area contributed by atoms with Crippen molar-refractivity contribution in [2.75, 3.05) is 4.43 Å². The molecule has 0 aliphatic rings. The molecule has 4 heteroatoms. The topological polar surface area (TPSA) is 26.3 Å². The summed E-state index contributed by atoms with van der Waals surface area (Å²) in [6.45, 7) is 2.01. The monoisotopic (exact) mass is 489 g/mol. The molecule has 0 heterocycles. The molecule has 0 radical (unpaired) electrons. The molecule has 3 aromatic carbocycles. The average molecular weight is 489 g/mol. The Balaban J connectivity index is 1.87. The van der Waals surface area contributed by atoms with Gasteiger partial charge >= 0.3 is 5.97 Å². The summed E-state index contributed by atoms with van der Waals surface area (Å²) in [7, 11) is -0.189. The van der Waals surface area contributed by atoms with Crippen LogP contribution in [-0.4, -0.2) is 10.4 Å². The van der Waals surface area contributed by atoms with Gasteiger partial charge in [0, 0.05) is 4.43 Å². The first-order valence-corrected chi connectivity index (χ1v) is 11.7. The molecule has 2 nitrogen and oxygen atoms in total. The van der Waals surface area contributed by atoms with Gasteiger partial charge in [0.2, 0.25) is 0 Å². The van der Waals surface area contributed by atoms with Gasteiger partial charge in [-0.3, -0.25) is 4.79 Å². The van der Waals surface area contributed by atoms with E-state index >= 15 is 0 Å². The Morgan fingerprint density at radius 1 is 0.852 bits per heavy atom. The minimum absolute atomic E-state index is 0.0477. The number of halogens is 1. The quantitative estimate of drug-likeness (QED) is 0.131. The number of hydrogen-bond acceptors (Lipinski definition) is 2. The van der Waals surface area contributed by atoms with Crippen LogP contribution in [0.4, 0.5) is 0 Å². The minimum Gasteiger partial charge on any atom is -0.426 e. The maximum absolute atomic E-state index is 12.2. The molecule has 0 fully saturated rings. The molecule has 0 spiro atoms. The molecule has 0 bridgehead atoms. The third-order valence-electron chi connectivity index (χ3n) is 4.25. The highest BCUT2D eigenvalue weighted by atomic mass is 127.